The molecule has 1 heterocycles. The number of rotatable bonds is 4. The first-order valence-corrected chi connectivity index (χ1v) is 6.34. The predicted molar refractivity (Wildman–Crippen MR) is 72.1 cm³/mol. The summed E-state index contributed by atoms with van der Waals surface area (Å²) in [6.45, 7) is 4.74. The van der Waals surface area contributed by atoms with E-state index < -0.39 is 5.54 Å². The lowest BCUT2D eigenvalue weighted by atomic mass is 10.0. The van der Waals surface area contributed by atoms with E-state index in [9.17, 15) is 9.59 Å². The fraction of sp³-hybridized carbons (Fsp3) is 0.429. The number of nitrogens with one attached hydrogen (secondary N) is 2. The molecular weight excluding hydrogens is 242 g/mol. The summed E-state index contributed by atoms with van der Waals surface area (Å²) in [6, 6.07) is 9.91. The summed E-state index contributed by atoms with van der Waals surface area (Å²) in [5.41, 5.74) is 0.432. The standard InChI is InChI=1S/C14H19N3O2/c1-14(2,13(19)17-9-12(18)15-10-17)16-8-11-6-4-3-5-7-11/h3-7,16H,8-10H2,1-2H3,(H,15,18). The molecule has 1 aromatic carbocycles. The van der Waals surface area contributed by atoms with E-state index in [1.54, 1.807) is 0 Å². The monoisotopic (exact) mass is 261 g/mol. The van der Waals surface area contributed by atoms with E-state index in [1.807, 2.05) is 44.2 Å². The molecule has 1 aliphatic heterocycles. The van der Waals surface area contributed by atoms with Crippen molar-refractivity contribution in [1.82, 2.24) is 15.5 Å². The van der Waals surface area contributed by atoms with Crippen LogP contribution in [0.25, 0.3) is 0 Å². The number of hydrogen-bond acceptors (Lipinski definition) is 3. The van der Waals surface area contributed by atoms with Crippen molar-refractivity contribution in [2.75, 3.05) is 13.2 Å². The van der Waals surface area contributed by atoms with Crippen molar-refractivity contribution in [2.24, 2.45) is 0 Å². The lowest BCUT2D eigenvalue weighted by Gasteiger charge is -2.29. The molecule has 5 heteroatoms. The highest BCUT2D eigenvalue weighted by Gasteiger charge is 2.34. The zero-order valence-electron chi connectivity index (χ0n) is 11.3. The van der Waals surface area contributed by atoms with E-state index >= 15 is 0 Å². The quantitative estimate of drug-likeness (QED) is 0.828. The van der Waals surface area contributed by atoms with Crippen LogP contribution >= 0.6 is 0 Å². The average Bonchev–Trinajstić information content (AvgIpc) is 2.83. The van der Waals surface area contributed by atoms with Crippen LogP contribution in [0.3, 0.4) is 0 Å². The predicted octanol–water partition coefficient (Wildman–Crippen LogP) is 0.471. The second kappa shape index (κ2) is 5.40. The molecule has 2 N–H and O–H groups in total. The van der Waals surface area contributed by atoms with Crippen LogP contribution in [0.4, 0.5) is 0 Å². The van der Waals surface area contributed by atoms with Crippen molar-refractivity contribution < 1.29 is 9.59 Å². The van der Waals surface area contributed by atoms with Crippen molar-refractivity contribution in [3.05, 3.63) is 35.9 Å². The van der Waals surface area contributed by atoms with Crippen LogP contribution in [0, 0.1) is 0 Å². The largest absolute Gasteiger partial charge is 0.337 e. The van der Waals surface area contributed by atoms with E-state index in [-0.39, 0.29) is 18.4 Å². The molecule has 102 valence electrons. The topological polar surface area (TPSA) is 61.4 Å². The third-order valence-corrected chi connectivity index (χ3v) is 3.20. The maximum atomic E-state index is 12.3. The smallest absolute Gasteiger partial charge is 0.244 e. The molecule has 1 aliphatic rings. The molecule has 2 amide bonds. The van der Waals surface area contributed by atoms with Crippen molar-refractivity contribution in [3.63, 3.8) is 0 Å². The van der Waals surface area contributed by atoms with Gasteiger partial charge in [0.05, 0.1) is 12.2 Å². The van der Waals surface area contributed by atoms with Crippen LogP contribution in [0.1, 0.15) is 19.4 Å². The lowest BCUT2D eigenvalue weighted by molar-refractivity contribution is -0.137. The van der Waals surface area contributed by atoms with Crippen molar-refractivity contribution >= 4 is 11.8 Å². The minimum atomic E-state index is -0.692. The maximum absolute atomic E-state index is 12.3. The van der Waals surface area contributed by atoms with Gasteiger partial charge in [0.15, 0.2) is 0 Å². The van der Waals surface area contributed by atoms with Gasteiger partial charge in [-0.25, -0.2) is 0 Å². The number of hydrogen-bond donors (Lipinski definition) is 2. The lowest BCUT2D eigenvalue weighted by Crippen LogP contribution is -2.53. The van der Waals surface area contributed by atoms with Gasteiger partial charge in [0, 0.05) is 6.54 Å². The molecule has 1 aromatic rings. The molecule has 1 saturated heterocycles. The Morgan fingerprint density at radius 3 is 2.63 bits per heavy atom. The highest BCUT2D eigenvalue weighted by molar-refractivity contribution is 5.92. The summed E-state index contributed by atoms with van der Waals surface area (Å²) in [4.78, 5) is 25.0. The summed E-state index contributed by atoms with van der Waals surface area (Å²) in [5.74, 6) is -0.172. The number of benzene rings is 1. The van der Waals surface area contributed by atoms with E-state index in [0.717, 1.165) is 5.56 Å². The zero-order chi connectivity index (χ0) is 13.9. The second-order valence-electron chi connectivity index (χ2n) is 5.23. The van der Waals surface area contributed by atoms with Gasteiger partial charge in [0.2, 0.25) is 11.8 Å². The molecule has 0 radical (unpaired) electrons. The Kier molecular flexibility index (Phi) is 3.85. The Balaban J connectivity index is 1.94. The number of amides is 2. The van der Waals surface area contributed by atoms with Crippen molar-refractivity contribution in [2.45, 2.75) is 25.9 Å². The van der Waals surface area contributed by atoms with E-state index in [4.69, 9.17) is 0 Å². The van der Waals surface area contributed by atoms with E-state index in [2.05, 4.69) is 10.6 Å². The summed E-state index contributed by atoms with van der Waals surface area (Å²) in [7, 11) is 0. The summed E-state index contributed by atoms with van der Waals surface area (Å²) < 4.78 is 0. The molecule has 0 aromatic heterocycles. The first-order valence-electron chi connectivity index (χ1n) is 6.34. The molecule has 5 nitrogen and oxygen atoms in total. The molecule has 0 saturated carbocycles. The van der Waals surface area contributed by atoms with Gasteiger partial charge in [-0.15, -0.1) is 0 Å². The van der Waals surface area contributed by atoms with Gasteiger partial charge in [0.1, 0.15) is 6.54 Å². The molecule has 0 aliphatic carbocycles. The van der Waals surface area contributed by atoms with Gasteiger partial charge in [-0.1, -0.05) is 30.3 Å². The molecule has 19 heavy (non-hydrogen) atoms. The number of carbonyl (C=O) groups excluding carboxylic acids is 2. The minimum absolute atomic E-state index is 0.0678. The van der Waals surface area contributed by atoms with Crippen LogP contribution < -0.4 is 10.6 Å². The molecular formula is C14H19N3O2. The molecule has 2 rings (SSSR count). The van der Waals surface area contributed by atoms with Crippen molar-refractivity contribution in [3.8, 4) is 0 Å². The second-order valence-corrected chi connectivity index (χ2v) is 5.23. The van der Waals surface area contributed by atoms with Gasteiger partial charge in [-0.3, -0.25) is 14.9 Å². The van der Waals surface area contributed by atoms with Crippen LogP contribution in [0.15, 0.2) is 30.3 Å². The SMILES string of the molecule is CC(C)(NCc1ccccc1)C(=O)N1CNC(=O)C1. The van der Waals surface area contributed by atoms with Crippen LogP contribution in [0.2, 0.25) is 0 Å². The Hall–Kier alpha value is -1.88. The summed E-state index contributed by atoms with van der Waals surface area (Å²) in [5, 5.41) is 5.87. The Morgan fingerprint density at radius 2 is 2.05 bits per heavy atom. The normalized spacial score (nSPS) is 15.5. The van der Waals surface area contributed by atoms with Crippen LogP contribution in [-0.4, -0.2) is 35.5 Å². The third-order valence-electron chi connectivity index (χ3n) is 3.20. The molecule has 0 spiro atoms. The highest BCUT2D eigenvalue weighted by atomic mass is 16.2. The maximum Gasteiger partial charge on any atom is 0.244 e. The third kappa shape index (κ3) is 3.32. The first kappa shape index (κ1) is 13.5. The summed E-state index contributed by atoms with van der Waals surface area (Å²) in [6.07, 6.45) is 0. The van der Waals surface area contributed by atoms with E-state index in [0.29, 0.717) is 13.2 Å². The van der Waals surface area contributed by atoms with E-state index in [1.165, 1.54) is 4.90 Å². The first-order chi connectivity index (χ1) is 8.99. The molecule has 0 unspecified atom stereocenters. The minimum Gasteiger partial charge on any atom is -0.337 e. The van der Waals surface area contributed by atoms with Gasteiger partial charge in [-0.05, 0) is 19.4 Å². The Morgan fingerprint density at radius 1 is 1.37 bits per heavy atom. The van der Waals surface area contributed by atoms with Gasteiger partial charge < -0.3 is 10.2 Å². The fourth-order valence-electron chi connectivity index (χ4n) is 2.00. The average molecular weight is 261 g/mol. The highest BCUT2D eigenvalue weighted by Crippen LogP contribution is 2.11. The molecule has 0 atom stereocenters. The Labute approximate surface area is 113 Å². The fourth-order valence-corrected chi connectivity index (χ4v) is 2.00. The van der Waals surface area contributed by atoms with Crippen LogP contribution in [-0.2, 0) is 16.1 Å². The van der Waals surface area contributed by atoms with Gasteiger partial charge in [-0.2, -0.15) is 0 Å². The number of carbonyl (C=O) groups is 2. The molecule has 1 fully saturated rings. The molecule has 0 bridgehead atoms. The van der Waals surface area contributed by atoms with Gasteiger partial charge >= 0.3 is 0 Å². The van der Waals surface area contributed by atoms with Crippen molar-refractivity contribution in [1.29, 1.82) is 0 Å². The summed E-state index contributed by atoms with van der Waals surface area (Å²) >= 11 is 0. The van der Waals surface area contributed by atoms with Gasteiger partial charge in [0.25, 0.3) is 0 Å². The Bertz CT molecular complexity index is 471. The zero-order valence-corrected chi connectivity index (χ0v) is 11.3. The van der Waals surface area contributed by atoms with Crippen LogP contribution in [0.5, 0.6) is 0 Å². The number of nitrogens with zero attached hydrogens (tertiary/aromatic N) is 1.